The van der Waals surface area contributed by atoms with Crippen molar-refractivity contribution in [2.24, 2.45) is 0 Å². The molecule has 0 saturated carbocycles. The molecule has 2 nitrogen and oxygen atoms in total. The topological polar surface area (TPSA) is 15.3 Å². The molecule has 0 bridgehead atoms. The quantitative estimate of drug-likeness (QED) is 0.919. The molecule has 0 radical (unpaired) electrons. The molecule has 1 unspecified atom stereocenters. The molecular weight excluding hydrogens is 284 g/mol. The molecule has 0 aromatic carbocycles. The molecule has 2 heterocycles. The summed E-state index contributed by atoms with van der Waals surface area (Å²) < 4.78 is 1.24. The first-order valence-corrected chi connectivity index (χ1v) is 7.58. The molecule has 2 rings (SSSR count). The van der Waals surface area contributed by atoms with Gasteiger partial charge in [0.1, 0.15) is 0 Å². The van der Waals surface area contributed by atoms with E-state index < -0.39 is 0 Å². The minimum atomic E-state index is 0.720. The second-order valence-electron chi connectivity index (χ2n) is 4.44. The number of nitrogens with one attached hydrogen (secondary N) is 1. The third-order valence-corrected chi connectivity index (χ3v) is 4.75. The van der Waals surface area contributed by atoms with E-state index >= 15 is 0 Å². The van der Waals surface area contributed by atoms with Crippen LogP contribution in [0.3, 0.4) is 0 Å². The van der Waals surface area contributed by atoms with E-state index in [1.807, 2.05) is 7.05 Å². The molecule has 90 valence electrons. The highest BCUT2D eigenvalue weighted by molar-refractivity contribution is 9.11. The predicted molar refractivity (Wildman–Crippen MR) is 74.0 cm³/mol. The van der Waals surface area contributed by atoms with E-state index in [-0.39, 0.29) is 0 Å². The Bertz CT molecular complexity index is 325. The van der Waals surface area contributed by atoms with Crippen molar-refractivity contribution in [3.63, 3.8) is 0 Å². The van der Waals surface area contributed by atoms with E-state index in [0.29, 0.717) is 0 Å². The fourth-order valence-electron chi connectivity index (χ4n) is 2.40. The molecule has 0 amide bonds. The maximum absolute atomic E-state index is 3.53. The first-order chi connectivity index (χ1) is 7.79. The lowest BCUT2D eigenvalue weighted by Crippen LogP contribution is -2.44. The van der Waals surface area contributed by atoms with Gasteiger partial charge in [-0.05, 0) is 59.4 Å². The zero-order chi connectivity index (χ0) is 11.4. The molecular formula is C12H19BrN2S. The zero-order valence-electron chi connectivity index (χ0n) is 9.71. The van der Waals surface area contributed by atoms with Crippen molar-refractivity contribution in [1.82, 2.24) is 10.2 Å². The zero-order valence-corrected chi connectivity index (χ0v) is 12.1. The molecule has 1 N–H and O–H groups in total. The minimum absolute atomic E-state index is 0.720. The number of nitrogens with zero attached hydrogens (tertiary/aromatic N) is 1. The number of hydrogen-bond acceptors (Lipinski definition) is 3. The third kappa shape index (κ3) is 3.29. The summed E-state index contributed by atoms with van der Waals surface area (Å²) in [6, 6.07) is 2.97. The van der Waals surface area contributed by atoms with Crippen molar-refractivity contribution in [3.05, 3.63) is 20.8 Å². The van der Waals surface area contributed by atoms with Gasteiger partial charge in [-0.2, -0.15) is 0 Å². The van der Waals surface area contributed by atoms with E-state index in [0.717, 1.165) is 19.1 Å². The molecule has 1 saturated heterocycles. The van der Waals surface area contributed by atoms with Crippen molar-refractivity contribution in [2.75, 3.05) is 20.1 Å². The van der Waals surface area contributed by atoms with Crippen LogP contribution in [0.4, 0.5) is 0 Å². The molecule has 0 spiro atoms. The van der Waals surface area contributed by atoms with E-state index in [1.165, 1.54) is 35.2 Å². The summed E-state index contributed by atoms with van der Waals surface area (Å²) in [5.74, 6) is 0. The Morgan fingerprint density at radius 1 is 1.56 bits per heavy atom. The van der Waals surface area contributed by atoms with Crippen LogP contribution in [0.25, 0.3) is 0 Å². The Morgan fingerprint density at radius 3 is 3.12 bits per heavy atom. The fraction of sp³-hybridized carbons (Fsp3) is 0.667. The van der Waals surface area contributed by atoms with Gasteiger partial charge in [0.2, 0.25) is 0 Å². The summed E-state index contributed by atoms with van der Waals surface area (Å²) >= 11 is 5.31. The van der Waals surface area contributed by atoms with Crippen molar-refractivity contribution in [2.45, 2.75) is 31.8 Å². The van der Waals surface area contributed by atoms with E-state index in [1.54, 1.807) is 11.3 Å². The number of thiophene rings is 1. The Balaban J connectivity index is 1.95. The summed E-state index contributed by atoms with van der Waals surface area (Å²) in [6.07, 6.45) is 4.08. The SMILES string of the molecule is CNCC1CCCCN1Cc1csc(Br)c1. The second kappa shape index (κ2) is 6.15. The standard InChI is InChI=1S/C12H19BrN2S/c1-14-7-11-4-2-3-5-15(11)8-10-6-12(13)16-9-10/h6,9,11,14H,2-5,7-8H2,1H3. The molecule has 1 aromatic rings. The molecule has 0 aliphatic carbocycles. The first-order valence-electron chi connectivity index (χ1n) is 5.91. The van der Waals surface area contributed by atoms with Gasteiger partial charge in [-0.1, -0.05) is 6.42 Å². The maximum Gasteiger partial charge on any atom is 0.0701 e. The average molecular weight is 303 g/mol. The molecule has 4 heteroatoms. The van der Waals surface area contributed by atoms with Gasteiger partial charge in [0.25, 0.3) is 0 Å². The van der Waals surface area contributed by atoms with Gasteiger partial charge in [-0.3, -0.25) is 4.90 Å². The van der Waals surface area contributed by atoms with Gasteiger partial charge in [0.05, 0.1) is 3.79 Å². The maximum atomic E-state index is 3.53. The Kier molecular flexibility index (Phi) is 4.82. The fourth-order valence-corrected chi connectivity index (χ4v) is 3.60. The number of likely N-dealkylation sites (N-methyl/N-ethyl adjacent to an activating group) is 1. The average Bonchev–Trinajstić information content (AvgIpc) is 2.67. The van der Waals surface area contributed by atoms with Crippen molar-refractivity contribution < 1.29 is 0 Å². The van der Waals surface area contributed by atoms with E-state index in [2.05, 4.69) is 37.6 Å². The number of piperidine rings is 1. The number of halogens is 1. The molecule has 1 aliphatic heterocycles. The Morgan fingerprint density at radius 2 is 2.44 bits per heavy atom. The molecule has 1 aromatic heterocycles. The monoisotopic (exact) mass is 302 g/mol. The van der Waals surface area contributed by atoms with E-state index in [4.69, 9.17) is 0 Å². The van der Waals surface area contributed by atoms with Gasteiger partial charge >= 0.3 is 0 Å². The highest BCUT2D eigenvalue weighted by Gasteiger charge is 2.21. The van der Waals surface area contributed by atoms with Crippen molar-refractivity contribution in [3.8, 4) is 0 Å². The lowest BCUT2D eigenvalue weighted by molar-refractivity contribution is 0.139. The summed E-state index contributed by atoms with van der Waals surface area (Å²) in [5, 5.41) is 5.57. The molecule has 1 atom stereocenters. The van der Waals surface area contributed by atoms with Crippen LogP contribution in [0.5, 0.6) is 0 Å². The summed E-state index contributed by atoms with van der Waals surface area (Å²) in [6.45, 7) is 3.47. The molecule has 1 fully saturated rings. The predicted octanol–water partition coefficient (Wildman–Crippen LogP) is 3.08. The third-order valence-electron chi connectivity index (χ3n) is 3.20. The first kappa shape index (κ1) is 12.6. The van der Waals surface area contributed by atoms with Crippen molar-refractivity contribution in [1.29, 1.82) is 0 Å². The second-order valence-corrected chi connectivity index (χ2v) is 6.73. The minimum Gasteiger partial charge on any atom is -0.318 e. The van der Waals surface area contributed by atoms with Crippen LogP contribution in [0.15, 0.2) is 15.2 Å². The van der Waals surface area contributed by atoms with Gasteiger partial charge in [-0.15, -0.1) is 11.3 Å². The smallest absolute Gasteiger partial charge is 0.0701 e. The molecule has 1 aliphatic rings. The van der Waals surface area contributed by atoms with Crippen LogP contribution in [-0.2, 0) is 6.54 Å². The van der Waals surface area contributed by atoms with Gasteiger partial charge in [-0.25, -0.2) is 0 Å². The Labute approximate surface area is 110 Å². The van der Waals surface area contributed by atoms with Crippen LogP contribution < -0.4 is 5.32 Å². The largest absolute Gasteiger partial charge is 0.318 e. The molecule has 16 heavy (non-hydrogen) atoms. The van der Waals surface area contributed by atoms with Gasteiger partial charge in [0.15, 0.2) is 0 Å². The van der Waals surface area contributed by atoms with Crippen LogP contribution in [-0.4, -0.2) is 31.1 Å². The summed E-state index contributed by atoms with van der Waals surface area (Å²) in [7, 11) is 2.05. The van der Waals surface area contributed by atoms with Crippen molar-refractivity contribution >= 4 is 27.3 Å². The highest BCUT2D eigenvalue weighted by atomic mass is 79.9. The normalized spacial score (nSPS) is 22.5. The lowest BCUT2D eigenvalue weighted by Gasteiger charge is -2.35. The number of rotatable bonds is 4. The van der Waals surface area contributed by atoms with Crippen LogP contribution in [0.2, 0.25) is 0 Å². The van der Waals surface area contributed by atoms with E-state index in [9.17, 15) is 0 Å². The van der Waals surface area contributed by atoms with Gasteiger partial charge in [0, 0.05) is 19.1 Å². The van der Waals surface area contributed by atoms with Crippen LogP contribution in [0, 0.1) is 0 Å². The summed E-state index contributed by atoms with van der Waals surface area (Å²) in [5.41, 5.74) is 1.44. The Hall–Kier alpha value is 0.100. The van der Waals surface area contributed by atoms with Gasteiger partial charge < -0.3 is 5.32 Å². The highest BCUT2D eigenvalue weighted by Crippen LogP contribution is 2.24. The number of hydrogen-bond donors (Lipinski definition) is 1. The number of likely N-dealkylation sites (tertiary alicyclic amines) is 1. The lowest BCUT2D eigenvalue weighted by atomic mass is 10.0. The van der Waals surface area contributed by atoms with Crippen LogP contribution >= 0.6 is 27.3 Å². The van der Waals surface area contributed by atoms with Crippen LogP contribution in [0.1, 0.15) is 24.8 Å². The summed E-state index contributed by atoms with van der Waals surface area (Å²) in [4.78, 5) is 2.62.